The molecule has 0 bridgehead atoms. The van der Waals surface area contributed by atoms with Gasteiger partial charge in [-0.25, -0.2) is 9.18 Å². The van der Waals surface area contributed by atoms with E-state index in [1.165, 1.54) is 6.07 Å². The number of benzene rings is 2. The Kier molecular flexibility index (Phi) is 5.82. The minimum atomic E-state index is -1.20. The van der Waals surface area contributed by atoms with Crippen LogP contribution < -0.4 is 0 Å². The number of carbonyl (C=O) groups is 1. The van der Waals surface area contributed by atoms with E-state index in [9.17, 15) is 14.3 Å². The second-order valence-corrected chi connectivity index (χ2v) is 8.92. The summed E-state index contributed by atoms with van der Waals surface area (Å²) < 4.78 is 21.4. The van der Waals surface area contributed by atoms with E-state index in [2.05, 4.69) is 15.9 Å². The lowest BCUT2D eigenvalue weighted by atomic mass is 9.79. The summed E-state index contributed by atoms with van der Waals surface area (Å²) in [6, 6.07) is 13.9. The molecule has 1 aliphatic rings. The molecule has 0 radical (unpaired) electrons. The van der Waals surface area contributed by atoms with Crippen LogP contribution in [0.2, 0.25) is 0 Å². The maximum Gasteiger partial charge on any atom is 0.411 e. The quantitative estimate of drug-likeness (QED) is 0.650. The van der Waals surface area contributed by atoms with Gasteiger partial charge in [-0.05, 0) is 44.5 Å². The van der Waals surface area contributed by atoms with E-state index in [4.69, 9.17) is 4.74 Å². The third-order valence-corrected chi connectivity index (χ3v) is 5.71. The molecule has 3 rings (SSSR count). The highest BCUT2D eigenvalue weighted by Gasteiger charge is 2.47. The van der Waals surface area contributed by atoms with Crippen molar-refractivity contribution in [2.24, 2.45) is 0 Å². The minimum absolute atomic E-state index is 0.118. The summed E-state index contributed by atoms with van der Waals surface area (Å²) in [4.78, 5) is 14.6. The first-order valence-corrected chi connectivity index (χ1v) is 10.1. The van der Waals surface area contributed by atoms with Crippen molar-refractivity contribution < 1.29 is 19.0 Å². The highest BCUT2D eigenvalue weighted by Crippen LogP contribution is 2.43. The van der Waals surface area contributed by atoms with Gasteiger partial charge in [0.05, 0.1) is 11.6 Å². The van der Waals surface area contributed by atoms with Crippen molar-refractivity contribution in [1.82, 2.24) is 4.90 Å². The predicted octanol–water partition coefficient (Wildman–Crippen LogP) is 5.55. The number of hydrogen-bond acceptors (Lipinski definition) is 3. The molecule has 1 fully saturated rings. The average molecular weight is 450 g/mol. The van der Waals surface area contributed by atoms with Crippen molar-refractivity contribution in [3.8, 4) is 0 Å². The zero-order chi connectivity index (χ0) is 20.5. The number of carbonyl (C=O) groups excluding carboxylic acids is 1. The molecule has 2 atom stereocenters. The Balaban J connectivity index is 1.90. The Morgan fingerprint density at radius 1 is 1.25 bits per heavy atom. The highest BCUT2D eigenvalue weighted by molar-refractivity contribution is 9.10. The topological polar surface area (TPSA) is 49.8 Å². The highest BCUT2D eigenvalue weighted by atomic mass is 79.9. The van der Waals surface area contributed by atoms with Crippen molar-refractivity contribution in [1.29, 1.82) is 0 Å². The molecule has 1 saturated heterocycles. The van der Waals surface area contributed by atoms with Crippen molar-refractivity contribution >= 4 is 22.0 Å². The van der Waals surface area contributed by atoms with Gasteiger partial charge in [-0.2, -0.15) is 0 Å². The van der Waals surface area contributed by atoms with E-state index >= 15 is 0 Å². The van der Waals surface area contributed by atoms with Crippen LogP contribution in [0.1, 0.15) is 50.8 Å². The molecule has 0 aromatic heterocycles. The zero-order valence-corrected chi connectivity index (χ0v) is 17.9. The molecule has 28 heavy (non-hydrogen) atoms. The van der Waals surface area contributed by atoms with Crippen LogP contribution >= 0.6 is 15.9 Å². The summed E-state index contributed by atoms with van der Waals surface area (Å²) in [5.41, 5.74) is -1.03. The molecular weight excluding hydrogens is 425 g/mol. The summed E-state index contributed by atoms with van der Waals surface area (Å²) in [7, 11) is 0. The molecule has 0 saturated carbocycles. The predicted molar refractivity (Wildman–Crippen MR) is 109 cm³/mol. The third-order valence-electron chi connectivity index (χ3n) is 5.18. The van der Waals surface area contributed by atoms with Crippen molar-refractivity contribution in [2.45, 2.75) is 50.9 Å². The number of hydrogen-bond donors (Lipinski definition) is 1. The van der Waals surface area contributed by atoms with Gasteiger partial charge in [0.1, 0.15) is 11.4 Å². The molecule has 0 aliphatic carbocycles. The smallest absolute Gasteiger partial charge is 0.411 e. The number of rotatable bonds is 5. The largest absolute Gasteiger partial charge is 0.438 e. The van der Waals surface area contributed by atoms with Gasteiger partial charge < -0.3 is 14.7 Å². The first-order chi connectivity index (χ1) is 13.1. The molecule has 1 heterocycles. The van der Waals surface area contributed by atoms with Gasteiger partial charge in [0.2, 0.25) is 0 Å². The number of amides is 1. The van der Waals surface area contributed by atoms with Gasteiger partial charge in [0, 0.05) is 29.4 Å². The number of halogens is 2. The van der Waals surface area contributed by atoms with Crippen LogP contribution in [0.4, 0.5) is 9.18 Å². The number of ether oxygens (including phenoxy) is 1. The van der Waals surface area contributed by atoms with Gasteiger partial charge in [-0.15, -0.1) is 0 Å². The van der Waals surface area contributed by atoms with Crippen molar-refractivity contribution in [3.05, 3.63) is 69.9 Å². The maximum absolute atomic E-state index is 14.6. The lowest BCUT2D eigenvalue weighted by Crippen LogP contribution is -2.51. The maximum atomic E-state index is 14.6. The monoisotopic (exact) mass is 449 g/mol. The van der Waals surface area contributed by atoms with E-state index in [0.29, 0.717) is 18.5 Å². The van der Waals surface area contributed by atoms with E-state index in [-0.39, 0.29) is 12.5 Å². The van der Waals surface area contributed by atoms with Gasteiger partial charge in [-0.3, -0.25) is 0 Å². The molecule has 150 valence electrons. The number of aliphatic hydroxyl groups is 1. The zero-order valence-electron chi connectivity index (χ0n) is 16.3. The van der Waals surface area contributed by atoms with Crippen LogP contribution in [0.15, 0.2) is 53.0 Å². The van der Waals surface area contributed by atoms with E-state index < -0.39 is 23.1 Å². The van der Waals surface area contributed by atoms with Gasteiger partial charge in [0.25, 0.3) is 0 Å². The standard InChI is InChI=1S/C22H25BrFNO3/c1-15(16-8-10-17(23)11-9-16)25-13-12-22(28-20(25)26,14-21(2,3)27)18-6-4-5-7-19(18)24/h4-11,15,27H,12-14H2,1-3H3/t15?,22-/m0/s1. The van der Waals surface area contributed by atoms with Crippen LogP contribution in [-0.4, -0.2) is 28.2 Å². The molecule has 1 N–H and O–H groups in total. The Labute approximate surface area is 173 Å². The molecular formula is C22H25BrFNO3. The van der Waals surface area contributed by atoms with Crippen LogP contribution in [0.3, 0.4) is 0 Å². The summed E-state index contributed by atoms with van der Waals surface area (Å²) in [6.07, 6.45) is 0.00622. The van der Waals surface area contributed by atoms with E-state index in [1.807, 2.05) is 31.2 Å². The summed E-state index contributed by atoms with van der Waals surface area (Å²) >= 11 is 3.41. The average Bonchev–Trinajstić information content (AvgIpc) is 2.61. The molecule has 1 unspecified atom stereocenters. The fourth-order valence-electron chi connectivity index (χ4n) is 3.88. The Bertz CT molecular complexity index is 850. The fourth-order valence-corrected chi connectivity index (χ4v) is 4.15. The molecule has 2 aromatic rings. The summed E-state index contributed by atoms with van der Waals surface area (Å²) in [6.45, 7) is 5.62. The molecule has 4 nitrogen and oxygen atoms in total. The molecule has 1 aliphatic heterocycles. The first kappa shape index (κ1) is 20.8. The first-order valence-electron chi connectivity index (χ1n) is 9.34. The van der Waals surface area contributed by atoms with E-state index in [0.717, 1.165) is 10.0 Å². The SMILES string of the molecule is CC(c1ccc(Br)cc1)N1CC[C@](CC(C)(C)O)(c2ccccc2F)OC1=O. The number of cyclic esters (lactones) is 1. The Morgan fingerprint density at radius 2 is 1.89 bits per heavy atom. The van der Waals surface area contributed by atoms with Crippen LogP contribution in [0, 0.1) is 5.82 Å². The van der Waals surface area contributed by atoms with E-state index in [1.54, 1.807) is 36.9 Å². The summed E-state index contributed by atoms with van der Waals surface area (Å²) in [5.74, 6) is -0.436. The third kappa shape index (κ3) is 4.39. The lowest BCUT2D eigenvalue weighted by molar-refractivity contribution is -0.102. The molecule has 6 heteroatoms. The number of nitrogens with zero attached hydrogens (tertiary/aromatic N) is 1. The van der Waals surface area contributed by atoms with Gasteiger partial charge in [0.15, 0.2) is 0 Å². The molecule has 1 amide bonds. The second kappa shape index (κ2) is 7.84. The van der Waals surface area contributed by atoms with Crippen LogP contribution in [-0.2, 0) is 10.3 Å². The normalized spacial score (nSPS) is 21.4. The fraction of sp³-hybridized carbons (Fsp3) is 0.409. The minimum Gasteiger partial charge on any atom is -0.438 e. The van der Waals surface area contributed by atoms with Crippen LogP contribution in [0.25, 0.3) is 0 Å². The summed E-state index contributed by atoms with van der Waals surface area (Å²) in [5, 5.41) is 10.4. The van der Waals surface area contributed by atoms with Crippen LogP contribution in [0.5, 0.6) is 0 Å². The van der Waals surface area contributed by atoms with Crippen molar-refractivity contribution in [3.63, 3.8) is 0 Å². The molecule has 2 aromatic carbocycles. The van der Waals surface area contributed by atoms with Gasteiger partial charge in [-0.1, -0.05) is 46.3 Å². The van der Waals surface area contributed by atoms with Crippen molar-refractivity contribution in [2.75, 3.05) is 6.54 Å². The lowest BCUT2D eigenvalue weighted by Gasteiger charge is -2.45. The second-order valence-electron chi connectivity index (χ2n) is 8.00. The Morgan fingerprint density at radius 3 is 2.46 bits per heavy atom. The van der Waals surface area contributed by atoms with Gasteiger partial charge >= 0.3 is 6.09 Å². The molecule has 0 spiro atoms. The Hall–Kier alpha value is -1.92.